The van der Waals surface area contributed by atoms with Gasteiger partial charge in [0.2, 0.25) is 11.8 Å². The number of nitrogens with one attached hydrogen (secondary N) is 1. The third-order valence-electron chi connectivity index (χ3n) is 7.23. The average Bonchev–Trinajstić information content (AvgIpc) is 3.55. The van der Waals surface area contributed by atoms with Gasteiger partial charge in [0.05, 0.1) is 24.1 Å². The van der Waals surface area contributed by atoms with Crippen LogP contribution in [0.1, 0.15) is 56.5 Å². The number of rotatable bonds is 3. The summed E-state index contributed by atoms with van der Waals surface area (Å²) in [6, 6.07) is 4.56. The minimum atomic E-state index is -0.672. The van der Waals surface area contributed by atoms with Crippen LogP contribution in [0.2, 0.25) is 0 Å². The van der Waals surface area contributed by atoms with Crippen LogP contribution in [0.4, 0.5) is 0 Å². The molecule has 1 N–H and O–H groups in total. The zero-order chi connectivity index (χ0) is 25.1. The van der Waals surface area contributed by atoms with Crippen LogP contribution in [0.25, 0.3) is 5.69 Å². The molecule has 0 radical (unpaired) electrons. The number of amides is 4. The van der Waals surface area contributed by atoms with Crippen molar-refractivity contribution in [3.8, 4) is 5.69 Å². The molecule has 5 heterocycles. The molecule has 6 rings (SSSR count). The Morgan fingerprint density at radius 1 is 1.11 bits per heavy atom. The lowest BCUT2D eigenvalue weighted by Crippen LogP contribution is -2.52. The predicted octanol–water partition coefficient (Wildman–Crippen LogP) is 0.498. The van der Waals surface area contributed by atoms with Gasteiger partial charge < -0.3 is 14.4 Å². The summed E-state index contributed by atoms with van der Waals surface area (Å²) in [6.07, 6.45) is 2.09. The molecule has 1 unspecified atom stereocenters. The lowest BCUT2D eigenvalue weighted by molar-refractivity contribution is -0.136. The van der Waals surface area contributed by atoms with Crippen LogP contribution in [0, 0.1) is 13.8 Å². The topological polar surface area (TPSA) is 135 Å². The second-order valence-corrected chi connectivity index (χ2v) is 9.37. The fraction of sp³-hybridized carbons (Fsp3) is 0.375. The highest BCUT2D eigenvalue weighted by atomic mass is 16.2. The van der Waals surface area contributed by atoms with Crippen LogP contribution >= 0.6 is 0 Å². The maximum Gasteiger partial charge on any atom is 0.276 e. The van der Waals surface area contributed by atoms with E-state index in [2.05, 4.69) is 25.2 Å². The zero-order valence-corrected chi connectivity index (χ0v) is 19.9. The van der Waals surface area contributed by atoms with Crippen molar-refractivity contribution in [3.63, 3.8) is 0 Å². The summed E-state index contributed by atoms with van der Waals surface area (Å²) >= 11 is 0. The van der Waals surface area contributed by atoms with E-state index < -0.39 is 11.9 Å². The van der Waals surface area contributed by atoms with Crippen molar-refractivity contribution in [1.82, 2.24) is 39.7 Å². The van der Waals surface area contributed by atoms with Gasteiger partial charge in [0.25, 0.3) is 11.8 Å². The van der Waals surface area contributed by atoms with Crippen molar-refractivity contribution in [2.75, 3.05) is 6.54 Å². The van der Waals surface area contributed by atoms with E-state index >= 15 is 0 Å². The molecule has 184 valence electrons. The van der Waals surface area contributed by atoms with Gasteiger partial charge in [0.15, 0.2) is 5.69 Å². The van der Waals surface area contributed by atoms with Gasteiger partial charge in [-0.2, -0.15) is 0 Å². The Morgan fingerprint density at radius 3 is 2.75 bits per heavy atom. The van der Waals surface area contributed by atoms with E-state index in [1.807, 2.05) is 19.9 Å². The fourth-order valence-electron chi connectivity index (χ4n) is 5.14. The van der Waals surface area contributed by atoms with Crippen molar-refractivity contribution in [2.24, 2.45) is 0 Å². The molecule has 0 aliphatic carbocycles. The van der Waals surface area contributed by atoms with Crippen molar-refractivity contribution >= 4 is 23.6 Å². The molecule has 0 bridgehead atoms. The number of fused-ring (bicyclic) bond motifs is 2. The van der Waals surface area contributed by atoms with Crippen LogP contribution < -0.4 is 5.32 Å². The highest BCUT2D eigenvalue weighted by Gasteiger charge is 2.39. The van der Waals surface area contributed by atoms with E-state index in [1.165, 1.54) is 9.58 Å². The summed E-state index contributed by atoms with van der Waals surface area (Å²) in [6.45, 7) is 5.91. The van der Waals surface area contributed by atoms with Gasteiger partial charge in [-0.05, 0) is 44.0 Å². The molecule has 12 nitrogen and oxygen atoms in total. The standard InChI is InChI=1S/C24H24N8O4/c1-13-14(2)30-8-7-29(12-20(30)25-13)24(36)18-11-32(28-27-18)16-3-4-17-15(9-16)10-31(23(17)35)19-5-6-21(33)26-22(19)34/h3-4,9,11,19H,5-8,10,12H2,1-2H3,(H,26,33,34). The molecule has 12 heteroatoms. The summed E-state index contributed by atoms with van der Waals surface area (Å²) in [5.74, 6) is -0.363. The van der Waals surface area contributed by atoms with Crippen molar-refractivity contribution < 1.29 is 19.2 Å². The van der Waals surface area contributed by atoms with Gasteiger partial charge in [-0.15, -0.1) is 5.10 Å². The Hall–Kier alpha value is -4.35. The highest BCUT2D eigenvalue weighted by Crippen LogP contribution is 2.29. The van der Waals surface area contributed by atoms with E-state index in [9.17, 15) is 19.2 Å². The number of aromatic nitrogens is 5. The number of carbonyl (C=O) groups excluding carboxylic acids is 4. The number of hydrogen-bond acceptors (Lipinski definition) is 7. The summed E-state index contributed by atoms with van der Waals surface area (Å²) in [5, 5.41) is 10.5. The third kappa shape index (κ3) is 3.48. The van der Waals surface area contributed by atoms with Gasteiger partial charge >= 0.3 is 0 Å². The molecule has 1 saturated heterocycles. The van der Waals surface area contributed by atoms with E-state index in [4.69, 9.17) is 0 Å². The first kappa shape index (κ1) is 22.1. The Morgan fingerprint density at radius 2 is 1.94 bits per heavy atom. The average molecular weight is 489 g/mol. The number of nitrogens with zero attached hydrogens (tertiary/aromatic N) is 7. The summed E-state index contributed by atoms with van der Waals surface area (Å²) in [4.78, 5) is 57.6. The Labute approximate surface area is 205 Å². The molecule has 1 atom stereocenters. The second kappa shape index (κ2) is 8.11. The Kier molecular flexibility index (Phi) is 4.99. The first-order valence-electron chi connectivity index (χ1n) is 11.8. The SMILES string of the molecule is Cc1nc2n(c1C)CCN(C(=O)c1cn(-c3ccc4c(c3)CN(C3CCC(=O)NC3=O)C4=O)nn1)C2. The quantitative estimate of drug-likeness (QED) is 0.530. The first-order chi connectivity index (χ1) is 17.3. The molecule has 1 aromatic carbocycles. The first-order valence-corrected chi connectivity index (χ1v) is 11.8. The van der Waals surface area contributed by atoms with Crippen molar-refractivity contribution in [1.29, 1.82) is 0 Å². The zero-order valence-electron chi connectivity index (χ0n) is 19.9. The monoisotopic (exact) mass is 488 g/mol. The summed E-state index contributed by atoms with van der Waals surface area (Å²) in [5.41, 5.74) is 4.23. The van der Waals surface area contributed by atoms with Gasteiger partial charge in [0.1, 0.15) is 11.9 Å². The molecular formula is C24H24N8O4. The van der Waals surface area contributed by atoms with Gasteiger partial charge in [0, 0.05) is 37.3 Å². The molecule has 36 heavy (non-hydrogen) atoms. The molecular weight excluding hydrogens is 464 g/mol. The molecule has 1 fully saturated rings. The number of carbonyl (C=O) groups is 4. The molecule has 0 spiro atoms. The number of hydrogen-bond donors (Lipinski definition) is 1. The molecule has 3 aliphatic rings. The second-order valence-electron chi connectivity index (χ2n) is 9.37. The van der Waals surface area contributed by atoms with Crippen LogP contribution in [0.15, 0.2) is 24.4 Å². The van der Waals surface area contributed by atoms with Crippen LogP contribution in [0.3, 0.4) is 0 Å². The molecule has 2 aromatic heterocycles. The van der Waals surface area contributed by atoms with E-state index in [0.29, 0.717) is 37.3 Å². The molecule has 0 saturated carbocycles. The number of benzene rings is 1. The van der Waals surface area contributed by atoms with Crippen LogP contribution in [-0.2, 0) is 29.2 Å². The van der Waals surface area contributed by atoms with Crippen LogP contribution in [-0.4, -0.2) is 70.6 Å². The fourth-order valence-corrected chi connectivity index (χ4v) is 5.14. The minimum absolute atomic E-state index is 0.204. The molecule has 4 amide bonds. The number of imidazole rings is 1. The molecule has 3 aromatic rings. The maximum absolute atomic E-state index is 13.1. The summed E-state index contributed by atoms with van der Waals surface area (Å²) < 4.78 is 3.64. The number of piperidine rings is 1. The Bertz CT molecular complexity index is 1450. The van der Waals surface area contributed by atoms with Crippen molar-refractivity contribution in [3.05, 3.63) is 58.4 Å². The number of imide groups is 1. The summed E-state index contributed by atoms with van der Waals surface area (Å²) in [7, 11) is 0. The lowest BCUT2D eigenvalue weighted by atomic mass is 10.0. The lowest BCUT2D eigenvalue weighted by Gasteiger charge is -2.29. The normalized spacial score (nSPS) is 19.4. The maximum atomic E-state index is 13.1. The van der Waals surface area contributed by atoms with Gasteiger partial charge in [-0.3, -0.25) is 24.5 Å². The smallest absolute Gasteiger partial charge is 0.276 e. The van der Waals surface area contributed by atoms with Gasteiger partial charge in [-0.25, -0.2) is 9.67 Å². The van der Waals surface area contributed by atoms with Crippen LogP contribution in [0.5, 0.6) is 0 Å². The minimum Gasteiger partial charge on any atom is -0.329 e. The van der Waals surface area contributed by atoms with E-state index in [0.717, 1.165) is 22.8 Å². The van der Waals surface area contributed by atoms with E-state index in [-0.39, 0.29) is 36.4 Å². The Balaban J connectivity index is 1.19. The highest BCUT2D eigenvalue weighted by molar-refractivity contribution is 6.05. The predicted molar refractivity (Wildman–Crippen MR) is 124 cm³/mol. The largest absolute Gasteiger partial charge is 0.329 e. The number of aryl methyl sites for hydroxylation is 1. The van der Waals surface area contributed by atoms with Gasteiger partial charge in [-0.1, -0.05) is 5.21 Å². The van der Waals surface area contributed by atoms with Crippen molar-refractivity contribution in [2.45, 2.75) is 52.4 Å². The van der Waals surface area contributed by atoms with E-state index in [1.54, 1.807) is 23.2 Å². The molecule has 3 aliphatic heterocycles. The third-order valence-corrected chi connectivity index (χ3v) is 7.23.